The number of amides is 2. The highest BCUT2D eigenvalue weighted by atomic mass is 16.2. The minimum Gasteiger partial charge on any atom is -0.352 e. The van der Waals surface area contributed by atoms with Gasteiger partial charge in [-0.25, -0.2) is 0 Å². The molecule has 0 radical (unpaired) electrons. The normalized spacial score (nSPS) is 31.9. The molecule has 1 saturated heterocycles. The molecule has 1 aromatic heterocycles. The molecule has 0 spiro atoms. The summed E-state index contributed by atoms with van der Waals surface area (Å²) in [6.45, 7) is 8.44. The SMILES string of the molecule is CCN(CC)C(=O)[C@@H]1CCCN(Cc2ccc(C(=O)NCC3C4CC5CC(C4)CC3C5)c(=O)[nH]2)C1. The van der Waals surface area contributed by atoms with E-state index in [2.05, 4.69) is 15.2 Å². The largest absolute Gasteiger partial charge is 0.352 e. The van der Waals surface area contributed by atoms with Gasteiger partial charge in [0.05, 0.1) is 5.92 Å². The zero-order valence-electron chi connectivity index (χ0n) is 21.4. The molecule has 0 aromatic carbocycles. The van der Waals surface area contributed by atoms with Gasteiger partial charge in [-0.15, -0.1) is 0 Å². The number of rotatable bonds is 8. The van der Waals surface area contributed by atoms with E-state index in [0.717, 1.165) is 61.8 Å². The highest BCUT2D eigenvalue weighted by Gasteiger charge is 2.48. The van der Waals surface area contributed by atoms with E-state index in [1.165, 1.54) is 32.1 Å². The number of pyridine rings is 1. The van der Waals surface area contributed by atoms with E-state index in [1.54, 1.807) is 6.07 Å². The summed E-state index contributed by atoms with van der Waals surface area (Å²) in [4.78, 5) is 45.5. The fourth-order valence-electron chi connectivity index (χ4n) is 7.90. The Bertz CT molecular complexity index is 957. The van der Waals surface area contributed by atoms with Crippen LogP contribution < -0.4 is 10.9 Å². The smallest absolute Gasteiger partial charge is 0.261 e. The molecular formula is C28H42N4O3. The van der Waals surface area contributed by atoms with Gasteiger partial charge in [0.2, 0.25) is 5.91 Å². The van der Waals surface area contributed by atoms with Crippen molar-refractivity contribution in [3.63, 3.8) is 0 Å². The Balaban J connectivity index is 1.15. The number of likely N-dealkylation sites (tertiary alicyclic amines) is 1. The van der Waals surface area contributed by atoms with Crippen molar-refractivity contribution in [3.8, 4) is 0 Å². The Morgan fingerprint density at radius 3 is 2.37 bits per heavy atom. The Kier molecular flexibility index (Phi) is 7.33. The Morgan fingerprint density at radius 1 is 1.06 bits per heavy atom. The van der Waals surface area contributed by atoms with Crippen molar-refractivity contribution in [1.29, 1.82) is 0 Å². The lowest BCUT2D eigenvalue weighted by atomic mass is 9.52. The highest BCUT2D eigenvalue weighted by molar-refractivity contribution is 5.93. The van der Waals surface area contributed by atoms with E-state index in [-0.39, 0.29) is 28.9 Å². The van der Waals surface area contributed by atoms with Gasteiger partial charge in [-0.3, -0.25) is 19.3 Å². The van der Waals surface area contributed by atoms with Crippen LogP contribution in [0.2, 0.25) is 0 Å². The van der Waals surface area contributed by atoms with Gasteiger partial charge in [0.1, 0.15) is 5.56 Å². The molecule has 4 bridgehead atoms. The number of aromatic amines is 1. The Hall–Kier alpha value is -2.15. The zero-order valence-corrected chi connectivity index (χ0v) is 21.4. The lowest BCUT2D eigenvalue weighted by molar-refractivity contribution is -0.137. The maximum Gasteiger partial charge on any atom is 0.261 e. The maximum absolute atomic E-state index is 12.9. The molecule has 1 aliphatic heterocycles. The minimum atomic E-state index is -0.321. The summed E-state index contributed by atoms with van der Waals surface area (Å²) < 4.78 is 0. The third-order valence-electron chi connectivity index (χ3n) is 9.46. The number of hydrogen-bond acceptors (Lipinski definition) is 4. The highest BCUT2D eigenvalue weighted by Crippen LogP contribution is 2.56. The first-order valence-corrected chi connectivity index (χ1v) is 14.0. The van der Waals surface area contributed by atoms with Crippen molar-refractivity contribution >= 4 is 11.8 Å². The van der Waals surface area contributed by atoms with Crippen LogP contribution in [0.1, 0.15) is 74.8 Å². The predicted octanol–water partition coefficient (Wildman–Crippen LogP) is 3.26. The maximum atomic E-state index is 12.9. The fraction of sp³-hybridized carbons (Fsp3) is 0.750. The monoisotopic (exact) mass is 482 g/mol. The van der Waals surface area contributed by atoms with Crippen LogP contribution >= 0.6 is 0 Å². The first-order chi connectivity index (χ1) is 16.9. The standard InChI is InChI=1S/C28H42N4O3/c1-3-32(4-2)28(35)20-6-5-9-31(16-20)17-23-7-8-24(27(34)30-23)26(33)29-15-25-21-11-18-10-19(13-21)14-22(25)12-18/h7-8,18-22,25H,3-6,9-17H2,1-2H3,(H,29,33)(H,30,34)/t18?,19?,20-,21?,22?,25?/m1/s1. The molecule has 1 aromatic rings. The summed E-state index contributed by atoms with van der Waals surface area (Å²) >= 11 is 0. The number of hydrogen-bond donors (Lipinski definition) is 2. The quantitative estimate of drug-likeness (QED) is 0.596. The van der Waals surface area contributed by atoms with Crippen LogP contribution in [0.4, 0.5) is 0 Å². The van der Waals surface area contributed by atoms with Crippen molar-refractivity contribution in [1.82, 2.24) is 20.1 Å². The molecule has 192 valence electrons. The number of carbonyl (C=O) groups is 2. The minimum absolute atomic E-state index is 0.0191. The molecule has 1 atom stereocenters. The molecule has 0 unspecified atom stereocenters. The van der Waals surface area contributed by atoms with E-state index >= 15 is 0 Å². The van der Waals surface area contributed by atoms with Crippen molar-refractivity contribution in [3.05, 3.63) is 33.7 Å². The lowest BCUT2D eigenvalue weighted by Gasteiger charge is -2.54. The topological polar surface area (TPSA) is 85.5 Å². The van der Waals surface area contributed by atoms with Crippen LogP contribution in [0, 0.1) is 35.5 Å². The molecule has 2 heterocycles. The molecular weight excluding hydrogens is 440 g/mol. The summed E-state index contributed by atoms with van der Waals surface area (Å²) in [6, 6.07) is 3.53. The van der Waals surface area contributed by atoms with Gasteiger partial charge >= 0.3 is 0 Å². The van der Waals surface area contributed by atoms with Crippen LogP contribution in [0.25, 0.3) is 0 Å². The number of nitrogens with one attached hydrogen (secondary N) is 2. The first kappa shape index (κ1) is 24.5. The molecule has 6 rings (SSSR count). The van der Waals surface area contributed by atoms with E-state index in [4.69, 9.17) is 0 Å². The van der Waals surface area contributed by atoms with E-state index in [1.807, 2.05) is 24.8 Å². The van der Waals surface area contributed by atoms with Gasteiger partial charge in [0.15, 0.2) is 0 Å². The van der Waals surface area contributed by atoms with Gasteiger partial charge < -0.3 is 15.2 Å². The van der Waals surface area contributed by atoms with Crippen LogP contribution in [0.15, 0.2) is 16.9 Å². The molecule has 5 aliphatic rings. The van der Waals surface area contributed by atoms with E-state index in [9.17, 15) is 14.4 Å². The van der Waals surface area contributed by atoms with Crippen LogP contribution in [0.3, 0.4) is 0 Å². The van der Waals surface area contributed by atoms with Crippen LogP contribution in [0.5, 0.6) is 0 Å². The summed E-state index contributed by atoms with van der Waals surface area (Å²) in [6.07, 6.45) is 8.67. The number of nitrogens with zero attached hydrogens (tertiary/aromatic N) is 2. The van der Waals surface area contributed by atoms with Gasteiger partial charge in [-0.1, -0.05) is 0 Å². The molecule has 4 aliphatic carbocycles. The van der Waals surface area contributed by atoms with E-state index < -0.39 is 0 Å². The number of piperidine rings is 1. The van der Waals surface area contributed by atoms with Crippen molar-refractivity contribution in [2.45, 2.75) is 65.3 Å². The molecule has 2 N–H and O–H groups in total. The summed E-state index contributed by atoms with van der Waals surface area (Å²) in [7, 11) is 0. The second kappa shape index (κ2) is 10.5. The van der Waals surface area contributed by atoms with Gasteiger partial charge in [0, 0.05) is 38.4 Å². The second-order valence-corrected chi connectivity index (χ2v) is 11.6. The predicted molar refractivity (Wildman–Crippen MR) is 136 cm³/mol. The van der Waals surface area contributed by atoms with Crippen LogP contribution in [-0.4, -0.2) is 59.3 Å². The lowest BCUT2D eigenvalue weighted by Crippen LogP contribution is -2.49. The van der Waals surface area contributed by atoms with Gasteiger partial charge in [-0.2, -0.15) is 0 Å². The Morgan fingerprint density at radius 2 is 1.74 bits per heavy atom. The molecule has 7 nitrogen and oxygen atoms in total. The zero-order chi connectivity index (χ0) is 24.5. The molecule has 7 heteroatoms. The van der Waals surface area contributed by atoms with Crippen LogP contribution in [-0.2, 0) is 11.3 Å². The molecule has 4 saturated carbocycles. The Labute approximate surface area is 209 Å². The van der Waals surface area contributed by atoms with E-state index in [0.29, 0.717) is 25.6 Å². The van der Waals surface area contributed by atoms with Crippen molar-refractivity contribution < 1.29 is 9.59 Å². The summed E-state index contributed by atoms with van der Waals surface area (Å²) in [5, 5.41) is 3.10. The average Bonchev–Trinajstić information content (AvgIpc) is 2.84. The first-order valence-electron chi connectivity index (χ1n) is 14.0. The van der Waals surface area contributed by atoms with Gasteiger partial charge in [-0.05, 0) is 107 Å². The number of aromatic nitrogens is 1. The summed E-state index contributed by atoms with van der Waals surface area (Å²) in [5.74, 6) is 3.94. The molecule has 35 heavy (non-hydrogen) atoms. The third kappa shape index (κ3) is 5.20. The molecule has 2 amide bonds. The summed E-state index contributed by atoms with van der Waals surface area (Å²) in [5.41, 5.74) is 0.673. The van der Waals surface area contributed by atoms with Crippen molar-refractivity contribution in [2.75, 3.05) is 32.7 Å². The van der Waals surface area contributed by atoms with Gasteiger partial charge in [0.25, 0.3) is 11.5 Å². The third-order valence-corrected chi connectivity index (χ3v) is 9.46. The number of carbonyl (C=O) groups excluding carboxylic acids is 2. The fourth-order valence-corrected chi connectivity index (χ4v) is 7.90. The molecule has 5 fully saturated rings. The number of H-pyrrole nitrogens is 1. The van der Waals surface area contributed by atoms with Crippen molar-refractivity contribution in [2.24, 2.45) is 35.5 Å². The average molecular weight is 483 g/mol. The second-order valence-electron chi connectivity index (χ2n) is 11.6.